The van der Waals surface area contributed by atoms with Crippen LogP contribution >= 0.6 is 0 Å². The summed E-state index contributed by atoms with van der Waals surface area (Å²) in [5, 5.41) is 9.40. The van der Waals surface area contributed by atoms with Gasteiger partial charge in [-0.3, -0.25) is 14.5 Å². The van der Waals surface area contributed by atoms with Crippen LogP contribution in [0.15, 0.2) is 48.8 Å². The van der Waals surface area contributed by atoms with E-state index in [1.807, 2.05) is 42.6 Å². The Hall–Kier alpha value is -3.68. The van der Waals surface area contributed by atoms with Crippen LogP contribution in [0.5, 0.6) is 0 Å². The van der Waals surface area contributed by atoms with Crippen LogP contribution in [0.25, 0.3) is 11.5 Å². The summed E-state index contributed by atoms with van der Waals surface area (Å²) in [4.78, 5) is 37.8. The molecule has 5 rings (SSSR count). The number of amides is 1. The lowest BCUT2D eigenvalue weighted by molar-refractivity contribution is -0.141. The third kappa shape index (κ3) is 3.86. The normalized spacial score (nSPS) is 18.2. The van der Waals surface area contributed by atoms with Crippen molar-refractivity contribution in [1.82, 2.24) is 14.5 Å². The summed E-state index contributed by atoms with van der Waals surface area (Å²) in [7, 11) is 0. The third-order valence-electron chi connectivity index (χ3n) is 6.50. The summed E-state index contributed by atoms with van der Waals surface area (Å²) < 4.78 is 2.06. The molecule has 1 atom stereocenters. The minimum absolute atomic E-state index is 0.0875. The quantitative estimate of drug-likeness (QED) is 0.639. The summed E-state index contributed by atoms with van der Waals surface area (Å²) >= 11 is 0. The Morgan fingerprint density at radius 3 is 2.85 bits per heavy atom. The summed E-state index contributed by atoms with van der Waals surface area (Å²) in [5.74, 6) is 0.154. The molecular formula is C25H27N5O3. The Morgan fingerprint density at radius 1 is 1.21 bits per heavy atom. The van der Waals surface area contributed by atoms with E-state index in [-0.39, 0.29) is 17.9 Å². The zero-order valence-electron chi connectivity index (χ0n) is 18.8. The van der Waals surface area contributed by atoms with E-state index in [2.05, 4.69) is 28.3 Å². The number of pyridine rings is 1. The van der Waals surface area contributed by atoms with Gasteiger partial charge in [0.2, 0.25) is 0 Å². The largest absolute Gasteiger partial charge is 0.481 e. The van der Waals surface area contributed by atoms with Gasteiger partial charge in [0.25, 0.3) is 5.91 Å². The predicted octanol–water partition coefficient (Wildman–Crippen LogP) is 3.99. The first kappa shape index (κ1) is 21.2. The molecule has 2 aromatic heterocycles. The Bertz CT molecular complexity index is 1220. The van der Waals surface area contributed by atoms with Crippen LogP contribution in [0.4, 0.5) is 11.5 Å². The maximum Gasteiger partial charge on any atom is 0.308 e. The van der Waals surface area contributed by atoms with Gasteiger partial charge in [0.05, 0.1) is 12.5 Å². The predicted molar refractivity (Wildman–Crippen MR) is 125 cm³/mol. The van der Waals surface area contributed by atoms with Crippen LogP contribution < -0.4 is 9.80 Å². The van der Waals surface area contributed by atoms with Gasteiger partial charge in [0.1, 0.15) is 11.5 Å². The van der Waals surface area contributed by atoms with E-state index in [4.69, 9.17) is 4.98 Å². The minimum Gasteiger partial charge on any atom is -0.481 e. The number of carboxylic acid groups (broad SMARTS) is 1. The molecule has 0 saturated carbocycles. The second-order valence-corrected chi connectivity index (χ2v) is 8.99. The highest BCUT2D eigenvalue weighted by Crippen LogP contribution is 2.33. The van der Waals surface area contributed by atoms with E-state index >= 15 is 0 Å². The van der Waals surface area contributed by atoms with Crippen LogP contribution in [0, 0.1) is 5.92 Å². The van der Waals surface area contributed by atoms with Crippen molar-refractivity contribution >= 4 is 23.4 Å². The summed E-state index contributed by atoms with van der Waals surface area (Å²) in [6.45, 7) is 5.91. The van der Waals surface area contributed by atoms with Gasteiger partial charge in [-0.2, -0.15) is 0 Å². The second kappa shape index (κ2) is 8.35. The topological polar surface area (TPSA) is 91.6 Å². The van der Waals surface area contributed by atoms with Gasteiger partial charge in [-0.1, -0.05) is 12.1 Å². The lowest BCUT2D eigenvalue weighted by Gasteiger charge is -2.32. The molecule has 2 aliphatic rings. The van der Waals surface area contributed by atoms with Crippen LogP contribution in [-0.2, 0) is 11.3 Å². The number of carbonyl (C=O) groups excluding carboxylic acids is 1. The lowest BCUT2D eigenvalue weighted by Crippen LogP contribution is -2.38. The molecule has 1 aromatic carbocycles. The molecule has 0 radical (unpaired) electrons. The number of piperidine rings is 1. The minimum atomic E-state index is -0.757. The van der Waals surface area contributed by atoms with Crippen molar-refractivity contribution in [2.75, 3.05) is 22.9 Å². The van der Waals surface area contributed by atoms with Crippen LogP contribution in [0.1, 0.15) is 48.7 Å². The van der Waals surface area contributed by atoms with Crippen molar-refractivity contribution in [3.05, 3.63) is 59.9 Å². The molecule has 1 N–H and O–H groups in total. The van der Waals surface area contributed by atoms with Gasteiger partial charge in [-0.15, -0.1) is 0 Å². The lowest BCUT2D eigenvalue weighted by atomic mass is 9.97. The number of hydrogen-bond donors (Lipinski definition) is 1. The number of hydrogen-bond acceptors (Lipinski definition) is 5. The SMILES string of the molecule is CC(C)n1ccnc1-c1cccc(N2Cc3ccc(N4CCCC(C(=O)O)C4)cc3C2=O)n1. The molecule has 1 amide bonds. The van der Waals surface area contributed by atoms with Crippen molar-refractivity contribution in [2.24, 2.45) is 5.92 Å². The Kier molecular flexibility index (Phi) is 5.36. The van der Waals surface area contributed by atoms with Gasteiger partial charge in [0.15, 0.2) is 5.82 Å². The standard InChI is InChI=1S/C25H27N5O3/c1-16(2)29-12-10-26-23(29)21-6-3-7-22(27-21)30-15-17-8-9-19(13-20(17)24(30)31)28-11-4-5-18(14-28)25(32)33/h3,6-10,12-13,16,18H,4-5,11,14-15H2,1-2H3,(H,32,33). The molecule has 2 aliphatic heterocycles. The highest BCUT2D eigenvalue weighted by Gasteiger charge is 2.32. The summed E-state index contributed by atoms with van der Waals surface area (Å²) in [5.41, 5.74) is 3.23. The van der Waals surface area contributed by atoms with Gasteiger partial charge >= 0.3 is 5.97 Å². The molecule has 0 bridgehead atoms. The Labute approximate surface area is 192 Å². The first-order valence-corrected chi connectivity index (χ1v) is 11.3. The van der Waals surface area contributed by atoms with Crippen molar-refractivity contribution in [1.29, 1.82) is 0 Å². The zero-order valence-corrected chi connectivity index (χ0v) is 18.8. The fourth-order valence-electron chi connectivity index (χ4n) is 4.71. The number of rotatable bonds is 5. The van der Waals surface area contributed by atoms with Crippen molar-refractivity contribution in [2.45, 2.75) is 39.3 Å². The summed E-state index contributed by atoms with van der Waals surface area (Å²) in [6.07, 6.45) is 5.22. The third-order valence-corrected chi connectivity index (χ3v) is 6.50. The molecular weight excluding hydrogens is 418 g/mol. The van der Waals surface area contributed by atoms with E-state index < -0.39 is 5.97 Å². The van der Waals surface area contributed by atoms with E-state index in [0.717, 1.165) is 35.7 Å². The molecule has 3 aromatic rings. The number of carbonyl (C=O) groups is 2. The second-order valence-electron chi connectivity index (χ2n) is 8.99. The average Bonchev–Trinajstić information content (AvgIpc) is 3.44. The van der Waals surface area contributed by atoms with Gasteiger partial charge < -0.3 is 14.6 Å². The van der Waals surface area contributed by atoms with E-state index in [1.165, 1.54) is 0 Å². The highest BCUT2D eigenvalue weighted by atomic mass is 16.4. The van der Waals surface area contributed by atoms with Gasteiger partial charge in [0, 0.05) is 42.8 Å². The maximum atomic E-state index is 13.3. The highest BCUT2D eigenvalue weighted by molar-refractivity contribution is 6.10. The average molecular weight is 446 g/mol. The Morgan fingerprint density at radius 2 is 2.06 bits per heavy atom. The van der Waals surface area contributed by atoms with Crippen molar-refractivity contribution in [3.63, 3.8) is 0 Å². The van der Waals surface area contributed by atoms with Crippen LogP contribution in [-0.4, -0.2) is 44.6 Å². The number of carboxylic acids is 1. The molecule has 8 heteroatoms. The van der Waals surface area contributed by atoms with E-state index in [9.17, 15) is 14.7 Å². The first-order chi connectivity index (χ1) is 15.9. The van der Waals surface area contributed by atoms with Crippen molar-refractivity contribution < 1.29 is 14.7 Å². The molecule has 33 heavy (non-hydrogen) atoms. The fraction of sp³-hybridized carbons (Fsp3) is 0.360. The van der Waals surface area contributed by atoms with Crippen LogP contribution in [0.3, 0.4) is 0 Å². The molecule has 1 saturated heterocycles. The Balaban J connectivity index is 1.41. The summed E-state index contributed by atoms with van der Waals surface area (Å²) in [6, 6.07) is 11.8. The molecule has 8 nitrogen and oxygen atoms in total. The number of imidazole rings is 1. The molecule has 1 fully saturated rings. The number of anilines is 2. The van der Waals surface area contributed by atoms with Gasteiger partial charge in [-0.05, 0) is 56.5 Å². The number of aliphatic carboxylic acids is 1. The zero-order chi connectivity index (χ0) is 23.1. The first-order valence-electron chi connectivity index (χ1n) is 11.3. The molecule has 1 unspecified atom stereocenters. The molecule has 0 aliphatic carbocycles. The molecule has 4 heterocycles. The maximum absolute atomic E-state index is 13.3. The molecule has 0 spiro atoms. The number of fused-ring (bicyclic) bond motifs is 1. The number of nitrogens with zero attached hydrogens (tertiary/aromatic N) is 5. The van der Waals surface area contributed by atoms with E-state index in [1.54, 1.807) is 11.1 Å². The fourth-order valence-corrected chi connectivity index (χ4v) is 4.71. The van der Waals surface area contributed by atoms with E-state index in [0.29, 0.717) is 30.9 Å². The molecule has 170 valence electrons. The number of aromatic nitrogens is 3. The van der Waals surface area contributed by atoms with Crippen molar-refractivity contribution in [3.8, 4) is 11.5 Å². The smallest absolute Gasteiger partial charge is 0.308 e. The monoisotopic (exact) mass is 445 g/mol. The number of benzene rings is 1. The van der Waals surface area contributed by atoms with Crippen LogP contribution in [0.2, 0.25) is 0 Å². The van der Waals surface area contributed by atoms with Gasteiger partial charge in [-0.25, -0.2) is 9.97 Å².